The summed E-state index contributed by atoms with van der Waals surface area (Å²) in [6.07, 6.45) is 0.873. The van der Waals surface area contributed by atoms with E-state index < -0.39 is 26.6 Å². The van der Waals surface area contributed by atoms with Crippen molar-refractivity contribution in [2.24, 2.45) is 11.8 Å². The van der Waals surface area contributed by atoms with Crippen LogP contribution in [0.3, 0.4) is 0 Å². The van der Waals surface area contributed by atoms with Crippen LogP contribution in [0.25, 0.3) is 0 Å². The standard InChI is InChI=1S/C15H18F2N2O3S/c1-10-9-11(10)15(20)18-5-7-19(8-6-18)23(21,22)14-12(16)3-2-4-13(14)17/h2-4,10-11H,5-9H2,1H3/t10-,11+/m1/s1. The minimum absolute atomic E-state index is 0.0437. The van der Waals surface area contributed by atoms with Crippen LogP contribution >= 0.6 is 0 Å². The molecular formula is C15H18F2N2O3S. The predicted molar refractivity (Wildman–Crippen MR) is 79.0 cm³/mol. The Morgan fingerprint density at radius 3 is 2.13 bits per heavy atom. The Hall–Kier alpha value is -1.54. The first kappa shape index (κ1) is 16.3. The normalized spacial score (nSPS) is 25.4. The zero-order valence-corrected chi connectivity index (χ0v) is 13.5. The minimum atomic E-state index is -4.24. The largest absolute Gasteiger partial charge is 0.340 e. The lowest BCUT2D eigenvalue weighted by atomic mass is 10.2. The van der Waals surface area contributed by atoms with Crippen molar-refractivity contribution >= 4 is 15.9 Å². The first-order chi connectivity index (χ1) is 10.8. The Morgan fingerprint density at radius 2 is 1.65 bits per heavy atom. The minimum Gasteiger partial charge on any atom is -0.340 e. The van der Waals surface area contributed by atoms with E-state index in [9.17, 15) is 22.0 Å². The second-order valence-corrected chi connectivity index (χ2v) is 7.97. The third kappa shape index (κ3) is 2.97. The number of hydrogen-bond acceptors (Lipinski definition) is 3. The molecule has 0 spiro atoms. The fourth-order valence-corrected chi connectivity index (χ4v) is 4.44. The van der Waals surface area contributed by atoms with Gasteiger partial charge in [-0.3, -0.25) is 4.79 Å². The number of benzene rings is 1. The first-order valence-electron chi connectivity index (χ1n) is 7.55. The predicted octanol–water partition coefficient (Wildman–Crippen LogP) is 1.45. The molecule has 1 aromatic rings. The second kappa shape index (κ2) is 5.83. The summed E-state index contributed by atoms with van der Waals surface area (Å²) in [5, 5.41) is 0. The summed E-state index contributed by atoms with van der Waals surface area (Å²) in [7, 11) is -4.24. The molecule has 5 nitrogen and oxygen atoms in total. The molecule has 1 aliphatic heterocycles. The smallest absolute Gasteiger partial charge is 0.249 e. The van der Waals surface area contributed by atoms with E-state index in [4.69, 9.17) is 0 Å². The van der Waals surface area contributed by atoms with Gasteiger partial charge >= 0.3 is 0 Å². The lowest BCUT2D eigenvalue weighted by Crippen LogP contribution is -2.51. The number of piperazine rings is 1. The van der Waals surface area contributed by atoms with Gasteiger partial charge in [0.25, 0.3) is 0 Å². The van der Waals surface area contributed by atoms with Crippen molar-refractivity contribution in [1.82, 2.24) is 9.21 Å². The van der Waals surface area contributed by atoms with E-state index in [1.54, 1.807) is 4.90 Å². The van der Waals surface area contributed by atoms with Crippen molar-refractivity contribution < 1.29 is 22.0 Å². The van der Waals surface area contributed by atoms with Crippen LogP contribution in [-0.2, 0) is 14.8 Å². The zero-order chi connectivity index (χ0) is 16.8. The van der Waals surface area contributed by atoms with Gasteiger partial charge < -0.3 is 4.90 Å². The van der Waals surface area contributed by atoms with E-state index in [0.29, 0.717) is 5.92 Å². The van der Waals surface area contributed by atoms with Crippen LogP contribution in [0.4, 0.5) is 8.78 Å². The number of carbonyl (C=O) groups is 1. The van der Waals surface area contributed by atoms with Gasteiger partial charge in [0.1, 0.15) is 11.6 Å². The number of halogens is 2. The summed E-state index contributed by atoms with van der Waals surface area (Å²) in [4.78, 5) is 12.9. The summed E-state index contributed by atoms with van der Waals surface area (Å²) >= 11 is 0. The van der Waals surface area contributed by atoms with Gasteiger partial charge in [-0.25, -0.2) is 17.2 Å². The van der Waals surface area contributed by atoms with Gasteiger partial charge in [-0.05, 0) is 24.5 Å². The van der Waals surface area contributed by atoms with Gasteiger partial charge in [0.15, 0.2) is 4.90 Å². The highest BCUT2D eigenvalue weighted by atomic mass is 32.2. The van der Waals surface area contributed by atoms with Gasteiger partial charge in [0.2, 0.25) is 15.9 Å². The van der Waals surface area contributed by atoms with E-state index in [-0.39, 0.29) is 38.0 Å². The molecule has 2 atom stereocenters. The first-order valence-corrected chi connectivity index (χ1v) is 8.99. The highest BCUT2D eigenvalue weighted by Gasteiger charge is 2.43. The average molecular weight is 344 g/mol. The van der Waals surface area contributed by atoms with Crippen LogP contribution in [0, 0.1) is 23.5 Å². The molecular weight excluding hydrogens is 326 g/mol. The molecule has 0 unspecified atom stereocenters. The molecule has 0 radical (unpaired) electrons. The van der Waals surface area contributed by atoms with Gasteiger partial charge in [0.05, 0.1) is 0 Å². The Morgan fingerprint density at radius 1 is 1.13 bits per heavy atom. The molecule has 1 amide bonds. The Labute approximate surface area is 133 Å². The second-order valence-electron chi connectivity index (χ2n) is 6.10. The van der Waals surface area contributed by atoms with Crippen molar-refractivity contribution in [2.45, 2.75) is 18.2 Å². The van der Waals surface area contributed by atoms with Crippen molar-refractivity contribution in [1.29, 1.82) is 0 Å². The molecule has 1 saturated heterocycles. The molecule has 1 heterocycles. The number of nitrogens with zero attached hydrogens (tertiary/aromatic N) is 2. The summed E-state index contributed by atoms with van der Waals surface area (Å²) in [6, 6.07) is 2.96. The maximum atomic E-state index is 13.8. The van der Waals surface area contributed by atoms with Crippen molar-refractivity contribution in [3.05, 3.63) is 29.8 Å². The molecule has 0 bridgehead atoms. The fraction of sp³-hybridized carbons (Fsp3) is 0.533. The van der Waals surface area contributed by atoms with Crippen LogP contribution < -0.4 is 0 Å². The highest BCUT2D eigenvalue weighted by Crippen LogP contribution is 2.39. The SMILES string of the molecule is C[C@@H]1C[C@@H]1C(=O)N1CCN(S(=O)(=O)c2c(F)cccc2F)CC1. The van der Waals surface area contributed by atoms with Crippen molar-refractivity contribution in [2.75, 3.05) is 26.2 Å². The lowest BCUT2D eigenvalue weighted by molar-refractivity contribution is -0.134. The molecule has 126 valence electrons. The van der Waals surface area contributed by atoms with E-state index >= 15 is 0 Å². The van der Waals surface area contributed by atoms with Gasteiger partial charge in [-0.2, -0.15) is 4.31 Å². The van der Waals surface area contributed by atoms with Gasteiger partial charge in [-0.1, -0.05) is 13.0 Å². The zero-order valence-electron chi connectivity index (χ0n) is 12.7. The van der Waals surface area contributed by atoms with E-state index in [1.807, 2.05) is 6.92 Å². The molecule has 3 rings (SSSR count). The molecule has 2 aliphatic rings. The van der Waals surface area contributed by atoms with Gasteiger partial charge in [0, 0.05) is 32.1 Å². The Kier molecular flexibility index (Phi) is 4.14. The third-order valence-corrected chi connectivity index (χ3v) is 6.44. The molecule has 2 fully saturated rings. The van der Waals surface area contributed by atoms with Crippen molar-refractivity contribution in [3.63, 3.8) is 0 Å². The van der Waals surface area contributed by atoms with Crippen LogP contribution in [0.15, 0.2) is 23.1 Å². The lowest BCUT2D eigenvalue weighted by Gasteiger charge is -2.34. The molecule has 1 aliphatic carbocycles. The summed E-state index contributed by atoms with van der Waals surface area (Å²) < 4.78 is 53.4. The number of sulfonamides is 1. The molecule has 1 aromatic carbocycles. The monoisotopic (exact) mass is 344 g/mol. The summed E-state index contributed by atoms with van der Waals surface area (Å²) in [5.41, 5.74) is 0. The van der Waals surface area contributed by atoms with Gasteiger partial charge in [-0.15, -0.1) is 0 Å². The number of hydrogen-bond donors (Lipinski definition) is 0. The summed E-state index contributed by atoms with van der Waals surface area (Å²) in [5.74, 6) is -1.73. The molecule has 23 heavy (non-hydrogen) atoms. The summed E-state index contributed by atoms with van der Waals surface area (Å²) in [6.45, 7) is 2.59. The van der Waals surface area contributed by atoms with Crippen LogP contribution in [0.1, 0.15) is 13.3 Å². The van der Waals surface area contributed by atoms with Crippen molar-refractivity contribution in [3.8, 4) is 0 Å². The van der Waals surface area contributed by atoms with Crippen LogP contribution in [0.5, 0.6) is 0 Å². The molecule has 8 heteroatoms. The number of carbonyl (C=O) groups excluding carboxylic acids is 1. The van der Waals surface area contributed by atoms with E-state index in [0.717, 1.165) is 28.9 Å². The quantitative estimate of drug-likeness (QED) is 0.834. The average Bonchev–Trinajstić information content (AvgIpc) is 3.23. The maximum absolute atomic E-state index is 13.8. The molecule has 1 saturated carbocycles. The maximum Gasteiger partial charge on any atom is 0.249 e. The topological polar surface area (TPSA) is 57.7 Å². The van der Waals surface area contributed by atoms with Crippen LogP contribution in [0.2, 0.25) is 0 Å². The Bertz CT molecular complexity index is 710. The highest BCUT2D eigenvalue weighted by molar-refractivity contribution is 7.89. The molecule has 0 N–H and O–H groups in total. The fourth-order valence-electron chi connectivity index (χ4n) is 2.91. The van der Waals surface area contributed by atoms with E-state index in [1.165, 1.54) is 0 Å². The van der Waals surface area contributed by atoms with Crippen LogP contribution in [-0.4, -0.2) is 49.7 Å². The Balaban J connectivity index is 1.73. The third-order valence-electron chi connectivity index (χ3n) is 4.49. The number of rotatable bonds is 3. The number of amides is 1. The molecule has 0 aromatic heterocycles. The van der Waals surface area contributed by atoms with E-state index in [2.05, 4.69) is 0 Å².